The number of pyridine rings is 1. The summed E-state index contributed by atoms with van der Waals surface area (Å²) in [5, 5.41) is 5.92. The number of anilines is 1. The average molecular weight is 396 g/mol. The zero-order chi connectivity index (χ0) is 18.0. The van der Waals surface area contributed by atoms with E-state index in [1.807, 2.05) is 24.4 Å². The van der Waals surface area contributed by atoms with Crippen molar-refractivity contribution in [2.45, 2.75) is 25.9 Å². The van der Waals surface area contributed by atoms with Crippen LogP contribution in [0.15, 0.2) is 23.6 Å². The first-order valence-electron chi connectivity index (χ1n) is 7.67. The van der Waals surface area contributed by atoms with Gasteiger partial charge >= 0.3 is 5.97 Å². The number of thiophene rings is 2. The average Bonchev–Trinajstić information content (AvgIpc) is 3.21. The van der Waals surface area contributed by atoms with Gasteiger partial charge in [0.05, 0.1) is 23.0 Å². The second kappa shape index (κ2) is 7.70. The van der Waals surface area contributed by atoms with Crippen LogP contribution in [0.3, 0.4) is 0 Å². The first kappa shape index (κ1) is 18.1. The Balaban J connectivity index is 1.92. The third-order valence-corrected chi connectivity index (χ3v) is 6.29. The molecule has 0 aromatic carbocycles. The molecule has 3 aromatic rings. The number of aromatic nitrogens is 1. The molecule has 8 heteroatoms. The van der Waals surface area contributed by atoms with Gasteiger partial charge in [-0.25, -0.2) is 4.98 Å². The van der Waals surface area contributed by atoms with Crippen LogP contribution in [0.4, 0.5) is 5.69 Å². The van der Waals surface area contributed by atoms with Crippen molar-refractivity contribution in [2.75, 3.05) is 12.4 Å². The molecule has 0 radical (unpaired) electrons. The molecular weight excluding hydrogens is 378 g/mol. The van der Waals surface area contributed by atoms with Crippen LogP contribution in [0, 0.1) is 6.92 Å². The lowest BCUT2D eigenvalue weighted by Crippen LogP contribution is -2.33. The Morgan fingerprint density at radius 2 is 2.32 bits per heavy atom. The number of nitrogens with zero attached hydrogens (tertiary/aromatic N) is 1. The van der Waals surface area contributed by atoms with Crippen LogP contribution in [0.25, 0.3) is 10.2 Å². The topological polar surface area (TPSA) is 77.2 Å². The number of nitrogens with one attached hydrogen (secondary N) is 1. The maximum Gasteiger partial charge on any atom is 0.323 e. The fourth-order valence-corrected chi connectivity index (χ4v) is 4.68. The zero-order valence-electron chi connectivity index (χ0n) is 13.8. The highest BCUT2D eigenvalue weighted by Gasteiger charge is 2.20. The van der Waals surface area contributed by atoms with Crippen LogP contribution < -0.4 is 11.1 Å². The fraction of sp³-hybridized carbons (Fsp3) is 0.294. The van der Waals surface area contributed by atoms with Gasteiger partial charge < -0.3 is 15.8 Å². The van der Waals surface area contributed by atoms with Gasteiger partial charge in [-0.05, 0) is 23.9 Å². The van der Waals surface area contributed by atoms with Crippen molar-refractivity contribution < 1.29 is 9.53 Å². The molecule has 0 aliphatic carbocycles. The second-order valence-corrected chi connectivity index (χ2v) is 8.11. The summed E-state index contributed by atoms with van der Waals surface area (Å²) in [6, 6.07) is 5.25. The van der Waals surface area contributed by atoms with Gasteiger partial charge in [-0.15, -0.1) is 22.7 Å². The van der Waals surface area contributed by atoms with Gasteiger partial charge in [0.2, 0.25) is 0 Å². The molecule has 0 aliphatic heterocycles. The number of carbonyl (C=O) groups is 1. The molecule has 0 aliphatic rings. The number of methoxy groups -OCH3 is 1. The standard InChI is InChI=1S/C17H18ClN3O2S2/c1-9-13(6-11(19)17(22)23-2)25-16-12(7-14(18)21-15(9)16)20-8-10-4-3-5-24-10/h3-5,7,11H,6,8,19H2,1-2H3,(H,20,21)/t11-/m1/s1. The van der Waals surface area contributed by atoms with Gasteiger partial charge in [0.1, 0.15) is 11.2 Å². The molecule has 0 spiro atoms. The Morgan fingerprint density at radius 1 is 1.52 bits per heavy atom. The number of esters is 1. The fourth-order valence-electron chi connectivity index (χ4n) is 2.55. The van der Waals surface area contributed by atoms with E-state index in [0.717, 1.165) is 32.9 Å². The normalized spacial score (nSPS) is 12.3. The molecule has 3 aromatic heterocycles. The van der Waals surface area contributed by atoms with E-state index < -0.39 is 12.0 Å². The summed E-state index contributed by atoms with van der Waals surface area (Å²) in [5.41, 5.74) is 8.70. The van der Waals surface area contributed by atoms with E-state index in [9.17, 15) is 4.79 Å². The number of rotatable bonds is 6. The van der Waals surface area contributed by atoms with Gasteiger partial charge in [0.15, 0.2) is 0 Å². The maximum atomic E-state index is 11.6. The summed E-state index contributed by atoms with van der Waals surface area (Å²) >= 11 is 9.48. The second-order valence-electron chi connectivity index (χ2n) is 5.59. The summed E-state index contributed by atoms with van der Waals surface area (Å²) in [6.07, 6.45) is 0.418. The molecule has 0 saturated carbocycles. The van der Waals surface area contributed by atoms with E-state index in [0.29, 0.717) is 11.6 Å². The van der Waals surface area contributed by atoms with Crippen molar-refractivity contribution in [3.05, 3.63) is 44.1 Å². The van der Waals surface area contributed by atoms with E-state index in [4.69, 9.17) is 22.1 Å². The van der Waals surface area contributed by atoms with Gasteiger partial charge in [0.25, 0.3) is 0 Å². The van der Waals surface area contributed by atoms with Gasteiger partial charge in [-0.1, -0.05) is 17.7 Å². The van der Waals surface area contributed by atoms with E-state index in [-0.39, 0.29) is 0 Å². The number of carbonyl (C=O) groups excluding carboxylic acids is 1. The van der Waals surface area contributed by atoms with Crippen molar-refractivity contribution in [1.29, 1.82) is 0 Å². The highest BCUT2D eigenvalue weighted by atomic mass is 35.5. The number of aryl methyl sites for hydroxylation is 1. The molecule has 3 rings (SSSR count). The minimum absolute atomic E-state index is 0.418. The summed E-state index contributed by atoms with van der Waals surface area (Å²) in [7, 11) is 1.34. The largest absolute Gasteiger partial charge is 0.468 e. The first-order chi connectivity index (χ1) is 12.0. The Kier molecular flexibility index (Phi) is 5.58. The molecular formula is C17H18ClN3O2S2. The molecule has 25 heavy (non-hydrogen) atoms. The number of fused-ring (bicyclic) bond motifs is 1. The van der Waals surface area contributed by atoms with Crippen molar-refractivity contribution in [1.82, 2.24) is 4.98 Å². The summed E-state index contributed by atoms with van der Waals surface area (Å²) in [6.45, 7) is 2.70. The Labute approximate surface area is 158 Å². The van der Waals surface area contributed by atoms with Crippen molar-refractivity contribution in [3.8, 4) is 0 Å². The molecule has 3 N–H and O–H groups in total. The molecule has 0 unspecified atom stereocenters. The number of ether oxygens (including phenoxy) is 1. The van der Waals surface area contributed by atoms with Crippen LogP contribution in [0.1, 0.15) is 15.3 Å². The molecule has 0 fully saturated rings. The molecule has 132 valence electrons. The van der Waals surface area contributed by atoms with E-state index in [1.54, 1.807) is 22.7 Å². The molecule has 0 bridgehead atoms. The van der Waals surface area contributed by atoms with E-state index in [2.05, 4.69) is 16.4 Å². The highest BCUT2D eigenvalue weighted by Crippen LogP contribution is 2.37. The molecule has 3 heterocycles. The molecule has 0 amide bonds. The lowest BCUT2D eigenvalue weighted by atomic mass is 10.1. The van der Waals surface area contributed by atoms with Gasteiger partial charge in [-0.3, -0.25) is 4.79 Å². The van der Waals surface area contributed by atoms with Crippen molar-refractivity contribution in [2.24, 2.45) is 5.73 Å². The predicted molar refractivity (Wildman–Crippen MR) is 105 cm³/mol. The third kappa shape index (κ3) is 3.95. The van der Waals surface area contributed by atoms with Crippen LogP contribution in [-0.4, -0.2) is 24.1 Å². The van der Waals surface area contributed by atoms with E-state index >= 15 is 0 Å². The van der Waals surface area contributed by atoms with Crippen LogP contribution in [-0.2, 0) is 22.5 Å². The summed E-state index contributed by atoms with van der Waals surface area (Å²) in [5.74, 6) is -0.418. The Hall–Kier alpha value is -1.67. The number of hydrogen-bond acceptors (Lipinski definition) is 7. The number of nitrogens with two attached hydrogens (primary N) is 1. The smallest absolute Gasteiger partial charge is 0.323 e. The quantitative estimate of drug-likeness (QED) is 0.487. The monoisotopic (exact) mass is 395 g/mol. The number of halogens is 1. The van der Waals surface area contributed by atoms with E-state index in [1.165, 1.54) is 12.0 Å². The molecule has 1 atom stereocenters. The Bertz CT molecular complexity index is 893. The highest BCUT2D eigenvalue weighted by molar-refractivity contribution is 7.19. The minimum Gasteiger partial charge on any atom is -0.468 e. The lowest BCUT2D eigenvalue weighted by Gasteiger charge is -2.07. The third-order valence-electron chi connectivity index (χ3n) is 3.88. The van der Waals surface area contributed by atoms with Crippen molar-refractivity contribution in [3.63, 3.8) is 0 Å². The van der Waals surface area contributed by atoms with Crippen LogP contribution in [0.5, 0.6) is 0 Å². The zero-order valence-corrected chi connectivity index (χ0v) is 16.2. The lowest BCUT2D eigenvalue weighted by molar-refractivity contribution is -0.142. The molecule has 5 nitrogen and oxygen atoms in total. The van der Waals surface area contributed by atoms with Gasteiger partial charge in [-0.2, -0.15) is 0 Å². The predicted octanol–water partition coefficient (Wildman–Crippen LogP) is 3.97. The maximum absolute atomic E-state index is 11.6. The minimum atomic E-state index is -0.685. The van der Waals surface area contributed by atoms with Crippen molar-refractivity contribution >= 4 is 56.1 Å². The SMILES string of the molecule is COC(=O)[C@H](N)Cc1sc2c(NCc3cccs3)cc(Cl)nc2c1C. The first-order valence-corrected chi connectivity index (χ1v) is 9.75. The Morgan fingerprint density at radius 3 is 3.00 bits per heavy atom. The van der Waals surface area contributed by atoms with Gasteiger partial charge in [0, 0.05) is 28.8 Å². The summed E-state index contributed by atoms with van der Waals surface area (Å²) < 4.78 is 5.73. The summed E-state index contributed by atoms with van der Waals surface area (Å²) in [4.78, 5) is 18.3. The van der Waals surface area contributed by atoms with Crippen LogP contribution >= 0.6 is 34.3 Å². The molecule has 0 saturated heterocycles. The van der Waals surface area contributed by atoms with Crippen LogP contribution in [0.2, 0.25) is 5.15 Å². The number of hydrogen-bond donors (Lipinski definition) is 2.